The summed E-state index contributed by atoms with van der Waals surface area (Å²) in [7, 11) is 1.57. The van der Waals surface area contributed by atoms with Crippen molar-refractivity contribution in [3.63, 3.8) is 0 Å². The van der Waals surface area contributed by atoms with Gasteiger partial charge in [-0.25, -0.2) is 4.98 Å². The molecule has 0 radical (unpaired) electrons. The van der Waals surface area contributed by atoms with Crippen LogP contribution in [0.2, 0.25) is 0 Å². The summed E-state index contributed by atoms with van der Waals surface area (Å²) in [5.41, 5.74) is 1.32. The fraction of sp³-hybridized carbons (Fsp3) is 0.111. The smallest absolute Gasteiger partial charge is 0.283 e. The number of methoxy groups -OCH3 is 1. The number of rotatable bonds is 5. The molecule has 4 rings (SSSR count). The van der Waals surface area contributed by atoms with E-state index in [9.17, 15) is 14.9 Å². The van der Waals surface area contributed by atoms with Crippen molar-refractivity contribution in [3.05, 3.63) is 80.9 Å². The zero-order chi connectivity index (χ0) is 19.7. The third kappa shape index (κ3) is 3.07. The van der Waals surface area contributed by atoms with Gasteiger partial charge in [0.1, 0.15) is 12.1 Å². The van der Waals surface area contributed by atoms with Gasteiger partial charge in [0, 0.05) is 12.1 Å². The van der Waals surface area contributed by atoms with E-state index in [1.165, 1.54) is 27.7 Å². The van der Waals surface area contributed by atoms with Gasteiger partial charge in [0.2, 0.25) is 0 Å². The Kier molecular flexibility index (Phi) is 4.28. The van der Waals surface area contributed by atoms with Gasteiger partial charge >= 0.3 is 0 Å². The van der Waals surface area contributed by atoms with Gasteiger partial charge in [-0.15, -0.1) is 5.10 Å². The third-order valence-electron chi connectivity index (χ3n) is 4.22. The Morgan fingerprint density at radius 1 is 1.18 bits per heavy atom. The maximum absolute atomic E-state index is 12.7. The van der Waals surface area contributed by atoms with Crippen molar-refractivity contribution in [3.8, 4) is 11.4 Å². The Labute approximate surface area is 157 Å². The number of nitrogens with zero attached hydrogens (tertiary/aromatic N) is 6. The number of aromatic nitrogens is 5. The number of benzene rings is 2. The van der Waals surface area contributed by atoms with E-state index in [1.807, 2.05) is 0 Å². The molecule has 0 amide bonds. The average Bonchev–Trinajstić information content (AvgIpc) is 3.15. The summed E-state index contributed by atoms with van der Waals surface area (Å²) in [5, 5.41) is 18.9. The van der Waals surface area contributed by atoms with E-state index in [1.54, 1.807) is 43.5 Å². The maximum atomic E-state index is 12.7. The van der Waals surface area contributed by atoms with Crippen LogP contribution in [0, 0.1) is 10.1 Å². The molecule has 28 heavy (non-hydrogen) atoms. The second-order valence-corrected chi connectivity index (χ2v) is 5.98. The molecule has 0 saturated carbocycles. The highest BCUT2D eigenvalue weighted by Gasteiger charge is 2.14. The van der Waals surface area contributed by atoms with Gasteiger partial charge in [0.15, 0.2) is 11.2 Å². The standard InChI is InChI=1S/C18H14N6O4/c1-28-15-7-5-13(6-8-15)23-17-16(20-21-23)18(25)22(11-19-17)10-12-3-2-4-14(9-12)24(26)27/h2-9,11H,10H2,1H3. The Balaban J connectivity index is 1.71. The second-order valence-electron chi connectivity index (χ2n) is 5.98. The van der Waals surface area contributed by atoms with Crippen molar-refractivity contribution < 1.29 is 9.66 Å². The zero-order valence-electron chi connectivity index (χ0n) is 14.7. The lowest BCUT2D eigenvalue weighted by Gasteiger charge is -2.06. The highest BCUT2D eigenvalue weighted by molar-refractivity contribution is 5.70. The van der Waals surface area contributed by atoms with Crippen molar-refractivity contribution in [1.82, 2.24) is 24.5 Å². The van der Waals surface area contributed by atoms with Crippen LogP contribution in [0.15, 0.2) is 59.7 Å². The van der Waals surface area contributed by atoms with Crippen molar-refractivity contribution in [2.45, 2.75) is 6.54 Å². The number of nitro groups is 1. The molecule has 0 fully saturated rings. The number of fused-ring (bicyclic) bond motifs is 1. The molecule has 2 aromatic heterocycles. The van der Waals surface area contributed by atoms with Crippen LogP contribution >= 0.6 is 0 Å². The predicted molar refractivity (Wildman–Crippen MR) is 99.7 cm³/mol. The van der Waals surface area contributed by atoms with Crippen molar-refractivity contribution in [1.29, 1.82) is 0 Å². The normalized spacial score (nSPS) is 10.9. The van der Waals surface area contributed by atoms with Crippen LogP contribution in [0.3, 0.4) is 0 Å². The van der Waals surface area contributed by atoms with Crippen LogP contribution in [0.25, 0.3) is 16.9 Å². The van der Waals surface area contributed by atoms with Crippen LogP contribution in [-0.2, 0) is 6.54 Å². The summed E-state index contributed by atoms with van der Waals surface area (Å²) < 4.78 is 7.94. The molecule has 0 spiro atoms. The Morgan fingerprint density at radius 3 is 2.68 bits per heavy atom. The average molecular weight is 378 g/mol. The number of hydrogen-bond donors (Lipinski definition) is 0. The molecule has 2 heterocycles. The van der Waals surface area contributed by atoms with Gasteiger partial charge in [-0.1, -0.05) is 17.3 Å². The molecule has 0 atom stereocenters. The highest BCUT2D eigenvalue weighted by Crippen LogP contribution is 2.17. The summed E-state index contributed by atoms with van der Waals surface area (Å²) in [6, 6.07) is 13.2. The molecule has 0 N–H and O–H groups in total. The fourth-order valence-corrected chi connectivity index (χ4v) is 2.82. The van der Waals surface area contributed by atoms with Crippen LogP contribution < -0.4 is 10.3 Å². The quantitative estimate of drug-likeness (QED) is 0.385. The SMILES string of the molecule is COc1ccc(-n2nnc3c(=O)n(Cc4cccc([N+](=O)[O-])c4)cnc32)cc1. The molecule has 4 aromatic rings. The first kappa shape index (κ1) is 17.3. The lowest BCUT2D eigenvalue weighted by molar-refractivity contribution is -0.384. The zero-order valence-corrected chi connectivity index (χ0v) is 14.7. The monoisotopic (exact) mass is 378 g/mol. The van der Waals surface area contributed by atoms with E-state index in [-0.39, 0.29) is 23.3 Å². The van der Waals surface area contributed by atoms with Crippen molar-refractivity contribution in [2.24, 2.45) is 0 Å². The molecule has 0 aliphatic heterocycles. The summed E-state index contributed by atoms with van der Waals surface area (Å²) in [6.07, 6.45) is 1.38. The van der Waals surface area contributed by atoms with Gasteiger partial charge in [-0.05, 0) is 29.8 Å². The molecule has 2 aromatic carbocycles. The number of ether oxygens (including phenoxy) is 1. The molecular weight excluding hydrogens is 364 g/mol. The third-order valence-corrected chi connectivity index (χ3v) is 4.22. The summed E-state index contributed by atoms with van der Waals surface area (Å²) in [5.74, 6) is 0.695. The lowest BCUT2D eigenvalue weighted by atomic mass is 10.2. The van der Waals surface area contributed by atoms with E-state index < -0.39 is 4.92 Å². The summed E-state index contributed by atoms with van der Waals surface area (Å²) in [4.78, 5) is 27.5. The molecule has 0 aliphatic rings. The van der Waals surface area contributed by atoms with Gasteiger partial charge in [-0.3, -0.25) is 19.5 Å². The Morgan fingerprint density at radius 2 is 1.96 bits per heavy atom. The number of non-ortho nitro benzene ring substituents is 1. The molecule has 0 bridgehead atoms. The first-order valence-electron chi connectivity index (χ1n) is 8.25. The molecule has 0 saturated heterocycles. The van der Waals surface area contributed by atoms with E-state index in [2.05, 4.69) is 15.3 Å². The Hall–Kier alpha value is -4.08. The lowest BCUT2D eigenvalue weighted by Crippen LogP contribution is -2.21. The maximum Gasteiger partial charge on any atom is 0.283 e. The minimum Gasteiger partial charge on any atom is -0.497 e. The van der Waals surface area contributed by atoms with Gasteiger partial charge in [0.25, 0.3) is 11.2 Å². The van der Waals surface area contributed by atoms with Gasteiger partial charge < -0.3 is 4.74 Å². The first-order valence-corrected chi connectivity index (χ1v) is 8.25. The molecule has 10 nitrogen and oxygen atoms in total. The molecule has 0 unspecified atom stereocenters. The van der Waals surface area contributed by atoms with Crippen LogP contribution in [-0.4, -0.2) is 36.6 Å². The van der Waals surface area contributed by atoms with E-state index in [4.69, 9.17) is 4.74 Å². The molecule has 140 valence electrons. The highest BCUT2D eigenvalue weighted by atomic mass is 16.6. The van der Waals surface area contributed by atoms with Crippen molar-refractivity contribution >= 4 is 16.9 Å². The van der Waals surface area contributed by atoms with Crippen LogP contribution in [0.5, 0.6) is 5.75 Å². The minimum atomic E-state index is -0.478. The summed E-state index contributed by atoms with van der Waals surface area (Å²) in [6.45, 7) is 0.138. The fourth-order valence-electron chi connectivity index (χ4n) is 2.82. The van der Waals surface area contributed by atoms with E-state index >= 15 is 0 Å². The summed E-state index contributed by atoms with van der Waals surface area (Å²) >= 11 is 0. The van der Waals surface area contributed by atoms with E-state index in [0.29, 0.717) is 22.6 Å². The van der Waals surface area contributed by atoms with Crippen molar-refractivity contribution in [2.75, 3.05) is 7.11 Å². The predicted octanol–water partition coefficient (Wildman–Crippen LogP) is 1.94. The first-order chi connectivity index (χ1) is 13.6. The topological polar surface area (TPSA) is 118 Å². The molecule has 0 aliphatic carbocycles. The molecular formula is C18H14N6O4. The number of hydrogen-bond acceptors (Lipinski definition) is 7. The largest absolute Gasteiger partial charge is 0.497 e. The second kappa shape index (κ2) is 6.91. The van der Waals surface area contributed by atoms with Gasteiger partial charge in [0.05, 0.1) is 24.3 Å². The van der Waals surface area contributed by atoms with Crippen LogP contribution in [0.1, 0.15) is 5.56 Å². The van der Waals surface area contributed by atoms with E-state index in [0.717, 1.165) is 0 Å². The van der Waals surface area contributed by atoms with Crippen LogP contribution in [0.4, 0.5) is 5.69 Å². The number of nitro benzene ring substituents is 1. The van der Waals surface area contributed by atoms with Gasteiger partial charge in [-0.2, -0.15) is 4.68 Å². The Bertz CT molecular complexity index is 1230. The minimum absolute atomic E-state index is 0.0370. The molecule has 10 heteroatoms.